The molecule has 0 saturated carbocycles. The number of aromatic nitrogens is 1. The summed E-state index contributed by atoms with van der Waals surface area (Å²) in [6.45, 7) is 1.54. The van der Waals surface area contributed by atoms with Gasteiger partial charge in [0.15, 0.2) is 0 Å². The molecule has 0 aromatic carbocycles. The number of nitrogens with two attached hydrogens (primary N) is 1. The molecule has 0 radical (unpaired) electrons. The van der Waals surface area contributed by atoms with E-state index in [0.29, 0.717) is 5.82 Å². The minimum absolute atomic E-state index is 0.0219. The fourth-order valence-corrected chi connectivity index (χ4v) is 2.11. The van der Waals surface area contributed by atoms with Crippen molar-refractivity contribution in [3.63, 3.8) is 0 Å². The van der Waals surface area contributed by atoms with E-state index in [1.54, 1.807) is 7.11 Å². The van der Waals surface area contributed by atoms with Crippen LogP contribution in [0.25, 0.3) is 0 Å². The topological polar surface area (TPSA) is 94.5 Å². The Morgan fingerprint density at radius 2 is 2.17 bits per heavy atom. The number of anilines is 2. The molecular weight excluding hydrogens is 236 g/mol. The summed E-state index contributed by atoms with van der Waals surface area (Å²) in [5.41, 5.74) is 5.57. The highest BCUT2D eigenvalue weighted by Crippen LogP contribution is 2.24. The van der Waals surface area contributed by atoms with Crippen LogP contribution in [0.15, 0.2) is 12.1 Å². The predicted molar refractivity (Wildman–Crippen MR) is 67.5 cm³/mol. The van der Waals surface area contributed by atoms with Gasteiger partial charge in [0.1, 0.15) is 11.6 Å². The van der Waals surface area contributed by atoms with Crippen LogP contribution in [-0.4, -0.2) is 36.2 Å². The van der Waals surface area contributed by atoms with Crippen LogP contribution in [0.3, 0.4) is 0 Å². The Hall–Kier alpha value is -1.89. The SMILES string of the molecule is COC1CCN(c2cc([N+](=O)[O-])cc(N)n2)CC1. The highest BCUT2D eigenvalue weighted by atomic mass is 16.6. The Balaban J connectivity index is 2.16. The van der Waals surface area contributed by atoms with Crippen molar-refractivity contribution in [2.75, 3.05) is 30.8 Å². The molecule has 1 fully saturated rings. The van der Waals surface area contributed by atoms with E-state index >= 15 is 0 Å². The lowest BCUT2D eigenvalue weighted by Gasteiger charge is -2.31. The Morgan fingerprint density at radius 1 is 1.50 bits per heavy atom. The second-order valence-corrected chi connectivity index (χ2v) is 4.29. The van der Waals surface area contributed by atoms with Crippen LogP contribution < -0.4 is 10.6 Å². The number of pyridine rings is 1. The number of ether oxygens (including phenoxy) is 1. The van der Waals surface area contributed by atoms with Gasteiger partial charge in [0.05, 0.1) is 23.2 Å². The van der Waals surface area contributed by atoms with E-state index in [1.165, 1.54) is 12.1 Å². The number of methoxy groups -OCH3 is 1. The summed E-state index contributed by atoms with van der Waals surface area (Å²) in [4.78, 5) is 16.5. The maximum Gasteiger partial charge on any atom is 0.276 e. The van der Waals surface area contributed by atoms with E-state index in [-0.39, 0.29) is 17.6 Å². The number of nitrogen functional groups attached to an aromatic ring is 1. The fraction of sp³-hybridized carbons (Fsp3) is 0.545. The molecule has 0 aliphatic carbocycles. The lowest BCUT2D eigenvalue weighted by Crippen LogP contribution is -2.37. The van der Waals surface area contributed by atoms with Gasteiger partial charge in [0, 0.05) is 20.2 Å². The maximum atomic E-state index is 10.8. The minimum atomic E-state index is -0.455. The Labute approximate surface area is 105 Å². The highest BCUT2D eigenvalue weighted by molar-refractivity contribution is 5.54. The average Bonchev–Trinajstić information content (AvgIpc) is 2.38. The second-order valence-electron chi connectivity index (χ2n) is 4.29. The molecule has 0 spiro atoms. The second kappa shape index (κ2) is 5.18. The van der Waals surface area contributed by atoms with Gasteiger partial charge >= 0.3 is 0 Å². The third-order valence-corrected chi connectivity index (χ3v) is 3.13. The zero-order valence-electron chi connectivity index (χ0n) is 10.2. The van der Waals surface area contributed by atoms with E-state index in [4.69, 9.17) is 10.5 Å². The van der Waals surface area contributed by atoms with Gasteiger partial charge in [-0.3, -0.25) is 10.1 Å². The molecule has 98 valence electrons. The summed E-state index contributed by atoms with van der Waals surface area (Å²) in [6.07, 6.45) is 2.04. The summed E-state index contributed by atoms with van der Waals surface area (Å²) in [5, 5.41) is 10.8. The first-order valence-corrected chi connectivity index (χ1v) is 5.80. The van der Waals surface area contributed by atoms with Crippen molar-refractivity contribution in [1.29, 1.82) is 0 Å². The van der Waals surface area contributed by atoms with E-state index in [1.807, 2.05) is 4.90 Å². The molecule has 0 amide bonds. The molecular formula is C11H16N4O3. The standard InChI is InChI=1S/C11H16N4O3/c1-18-9-2-4-14(5-3-9)11-7-8(15(16)17)6-10(12)13-11/h6-7,9H,2-5H2,1H3,(H2,12,13). The van der Waals surface area contributed by atoms with E-state index in [2.05, 4.69) is 4.98 Å². The highest BCUT2D eigenvalue weighted by Gasteiger charge is 2.21. The van der Waals surface area contributed by atoms with Gasteiger partial charge in [-0.15, -0.1) is 0 Å². The molecule has 7 nitrogen and oxygen atoms in total. The zero-order valence-corrected chi connectivity index (χ0v) is 10.2. The molecule has 7 heteroatoms. The van der Waals surface area contributed by atoms with Gasteiger partial charge in [0.2, 0.25) is 0 Å². The van der Waals surface area contributed by atoms with Crippen molar-refractivity contribution in [2.24, 2.45) is 0 Å². The Kier molecular flexibility index (Phi) is 3.61. The maximum absolute atomic E-state index is 10.8. The first-order chi connectivity index (χ1) is 8.60. The van der Waals surface area contributed by atoms with E-state index in [0.717, 1.165) is 25.9 Å². The molecule has 1 aromatic heterocycles. The summed E-state index contributed by atoms with van der Waals surface area (Å²) >= 11 is 0. The lowest BCUT2D eigenvalue weighted by atomic mass is 10.1. The van der Waals surface area contributed by atoms with Crippen LogP contribution >= 0.6 is 0 Å². The molecule has 18 heavy (non-hydrogen) atoms. The van der Waals surface area contributed by atoms with Crippen LogP contribution in [-0.2, 0) is 4.74 Å². The first kappa shape index (κ1) is 12.6. The van der Waals surface area contributed by atoms with Gasteiger partial charge in [0.25, 0.3) is 5.69 Å². The van der Waals surface area contributed by atoms with Gasteiger partial charge in [-0.05, 0) is 12.8 Å². The average molecular weight is 252 g/mol. The van der Waals surface area contributed by atoms with Crippen molar-refractivity contribution in [3.8, 4) is 0 Å². The zero-order chi connectivity index (χ0) is 13.1. The van der Waals surface area contributed by atoms with Gasteiger partial charge < -0.3 is 15.4 Å². The fourth-order valence-electron chi connectivity index (χ4n) is 2.11. The van der Waals surface area contributed by atoms with Crippen LogP contribution in [0.1, 0.15) is 12.8 Å². The monoisotopic (exact) mass is 252 g/mol. The molecule has 0 atom stereocenters. The van der Waals surface area contributed by atoms with Crippen LogP contribution in [0.5, 0.6) is 0 Å². The van der Waals surface area contributed by atoms with Crippen LogP contribution in [0.2, 0.25) is 0 Å². The predicted octanol–water partition coefficient (Wildman–Crippen LogP) is 1.19. The third-order valence-electron chi connectivity index (χ3n) is 3.13. The Bertz CT molecular complexity index is 444. The van der Waals surface area contributed by atoms with Crippen LogP contribution in [0.4, 0.5) is 17.3 Å². The number of nitrogens with zero attached hydrogens (tertiary/aromatic N) is 3. The molecule has 2 rings (SSSR count). The molecule has 0 bridgehead atoms. The molecule has 1 aliphatic heterocycles. The van der Waals surface area contributed by atoms with Gasteiger partial charge in [-0.2, -0.15) is 0 Å². The number of piperidine rings is 1. The summed E-state index contributed by atoms with van der Waals surface area (Å²) in [5.74, 6) is 0.740. The van der Waals surface area contributed by atoms with Crippen molar-refractivity contribution in [1.82, 2.24) is 4.98 Å². The van der Waals surface area contributed by atoms with Crippen LogP contribution in [0, 0.1) is 10.1 Å². The van der Waals surface area contributed by atoms with E-state index in [9.17, 15) is 10.1 Å². The summed E-state index contributed by atoms with van der Waals surface area (Å²) in [7, 11) is 1.70. The van der Waals surface area contributed by atoms with Gasteiger partial charge in [-0.25, -0.2) is 4.98 Å². The van der Waals surface area contributed by atoms with Gasteiger partial charge in [-0.1, -0.05) is 0 Å². The summed E-state index contributed by atoms with van der Waals surface area (Å²) < 4.78 is 5.28. The Morgan fingerprint density at radius 3 is 2.72 bits per heavy atom. The largest absolute Gasteiger partial charge is 0.383 e. The molecule has 1 aliphatic rings. The number of nitro groups is 1. The van der Waals surface area contributed by atoms with Crippen molar-refractivity contribution in [3.05, 3.63) is 22.2 Å². The van der Waals surface area contributed by atoms with Crippen molar-refractivity contribution >= 4 is 17.3 Å². The number of hydrogen-bond donors (Lipinski definition) is 1. The molecule has 2 heterocycles. The number of hydrogen-bond acceptors (Lipinski definition) is 6. The van der Waals surface area contributed by atoms with E-state index < -0.39 is 4.92 Å². The minimum Gasteiger partial charge on any atom is -0.383 e. The third kappa shape index (κ3) is 2.67. The smallest absolute Gasteiger partial charge is 0.276 e. The summed E-state index contributed by atoms with van der Waals surface area (Å²) in [6, 6.07) is 2.73. The molecule has 2 N–H and O–H groups in total. The van der Waals surface area contributed by atoms with Crippen molar-refractivity contribution < 1.29 is 9.66 Å². The number of rotatable bonds is 3. The quantitative estimate of drug-likeness (QED) is 0.641. The molecule has 0 unspecified atom stereocenters. The first-order valence-electron chi connectivity index (χ1n) is 5.80. The van der Waals surface area contributed by atoms with Crippen molar-refractivity contribution in [2.45, 2.75) is 18.9 Å². The molecule has 1 aromatic rings. The molecule has 1 saturated heterocycles. The lowest BCUT2D eigenvalue weighted by molar-refractivity contribution is -0.384. The normalized spacial score (nSPS) is 16.8.